The largest absolute Gasteiger partial charge is 0.344 e. The maximum absolute atomic E-state index is 12.5. The average molecular weight is 344 g/mol. The van der Waals surface area contributed by atoms with E-state index < -0.39 is 0 Å². The summed E-state index contributed by atoms with van der Waals surface area (Å²) in [6, 6.07) is 9.80. The minimum absolute atomic E-state index is 0.0673. The number of nitrogens with zero attached hydrogens (tertiary/aromatic N) is 2. The van der Waals surface area contributed by atoms with Crippen LogP contribution in [-0.4, -0.2) is 15.3 Å². The van der Waals surface area contributed by atoms with Gasteiger partial charge in [0.25, 0.3) is 5.91 Å². The van der Waals surface area contributed by atoms with Crippen molar-refractivity contribution >= 4 is 39.6 Å². The van der Waals surface area contributed by atoms with Crippen molar-refractivity contribution in [1.29, 1.82) is 0 Å². The molecule has 1 unspecified atom stereocenters. The third-order valence-corrected chi connectivity index (χ3v) is 4.82. The van der Waals surface area contributed by atoms with Crippen molar-refractivity contribution in [2.45, 2.75) is 19.9 Å². The maximum atomic E-state index is 12.5. The zero-order valence-electron chi connectivity index (χ0n) is 12.7. The number of amides is 1. The number of aromatic nitrogens is 2. The Morgan fingerprint density at radius 1 is 1.26 bits per heavy atom. The molecule has 3 rings (SSSR count). The molecule has 2 aromatic heterocycles. The standard InChI is InChI=1S/C16H16N4OS2/c1-10(12-6-4-3-5-7-12)18-15(21)14-11(2)23-16(20-14)19-13-8-17-22-9-13/h3-10H,1-2H3,(H,18,21)(H,19,20). The van der Waals surface area contributed by atoms with E-state index in [1.165, 1.54) is 22.9 Å². The van der Waals surface area contributed by atoms with Crippen LogP contribution < -0.4 is 10.6 Å². The lowest BCUT2D eigenvalue weighted by atomic mass is 10.1. The quantitative estimate of drug-likeness (QED) is 0.730. The van der Waals surface area contributed by atoms with Crippen LogP contribution in [0.4, 0.5) is 10.8 Å². The molecule has 0 fully saturated rings. The fraction of sp³-hybridized carbons (Fsp3) is 0.188. The van der Waals surface area contributed by atoms with Crippen molar-refractivity contribution in [3.8, 4) is 0 Å². The molecule has 23 heavy (non-hydrogen) atoms. The predicted octanol–water partition coefficient (Wildman–Crippen LogP) is 4.14. The van der Waals surface area contributed by atoms with Crippen molar-refractivity contribution in [1.82, 2.24) is 14.7 Å². The molecule has 1 aromatic carbocycles. The molecule has 1 atom stereocenters. The van der Waals surface area contributed by atoms with Crippen molar-refractivity contribution in [3.63, 3.8) is 0 Å². The molecular formula is C16H16N4OS2. The molecular weight excluding hydrogens is 328 g/mol. The third-order valence-electron chi connectivity index (χ3n) is 3.34. The maximum Gasteiger partial charge on any atom is 0.271 e. The molecule has 0 aliphatic heterocycles. The van der Waals surface area contributed by atoms with Crippen LogP contribution in [-0.2, 0) is 0 Å². The Kier molecular flexibility index (Phi) is 4.68. The molecule has 0 aliphatic rings. The Labute approximate surface area is 142 Å². The van der Waals surface area contributed by atoms with Crippen LogP contribution in [0.25, 0.3) is 0 Å². The number of hydrogen-bond acceptors (Lipinski definition) is 6. The highest BCUT2D eigenvalue weighted by atomic mass is 32.1. The highest BCUT2D eigenvalue weighted by molar-refractivity contribution is 7.16. The van der Waals surface area contributed by atoms with Gasteiger partial charge in [0, 0.05) is 10.3 Å². The third kappa shape index (κ3) is 3.75. The van der Waals surface area contributed by atoms with Crippen LogP contribution in [0.3, 0.4) is 0 Å². The van der Waals surface area contributed by atoms with Gasteiger partial charge in [-0.3, -0.25) is 4.79 Å². The Bertz CT molecular complexity index is 784. The van der Waals surface area contributed by atoms with Gasteiger partial charge in [0.15, 0.2) is 5.13 Å². The number of anilines is 2. The number of aryl methyl sites for hydroxylation is 1. The van der Waals surface area contributed by atoms with E-state index in [9.17, 15) is 4.79 Å². The van der Waals surface area contributed by atoms with Gasteiger partial charge in [0.05, 0.1) is 17.9 Å². The predicted molar refractivity (Wildman–Crippen MR) is 94.6 cm³/mol. The summed E-state index contributed by atoms with van der Waals surface area (Å²) in [5.74, 6) is -0.161. The molecule has 7 heteroatoms. The summed E-state index contributed by atoms with van der Waals surface area (Å²) in [6.45, 7) is 3.86. The molecule has 0 aliphatic carbocycles. The summed E-state index contributed by atoms with van der Waals surface area (Å²) in [7, 11) is 0. The van der Waals surface area contributed by atoms with E-state index in [0.29, 0.717) is 10.8 Å². The molecule has 1 amide bonds. The van der Waals surface area contributed by atoms with Crippen LogP contribution in [0.5, 0.6) is 0 Å². The van der Waals surface area contributed by atoms with Gasteiger partial charge in [0.1, 0.15) is 5.69 Å². The lowest BCUT2D eigenvalue weighted by Gasteiger charge is -2.13. The molecule has 0 bridgehead atoms. The average Bonchev–Trinajstić information content (AvgIpc) is 3.18. The van der Waals surface area contributed by atoms with Crippen molar-refractivity contribution in [2.75, 3.05) is 5.32 Å². The van der Waals surface area contributed by atoms with Gasteiger partial charge in [-0.15, -0.1) is 11.3 Å². The number of hydrogen-bond donors (Lipinski definition) is 2. The van der Waals surface area contributed by atoms with E-state index in [4.69, 9.17) is 0 Å². The second kappa shape index (κ2) is 6.89. The van der Waals surface area contributed by atoms with Crippen LogP contribution in [0.15, 0.2) is 41.9 Å². The fourth-order valence-corrected chi connectivity index (χ4v) is 3.44. The molecule has 2 heterocycles. The van der Waals surface area contributed by atoms with E-state index in [1.54, 1.807) is 6.20 Å². The first kappa shape index (κ1) is 15.6. The van der Waals surface area contributed by atoms with E-state index in [2.05, 4.69) is 20.0 Å². The van der Waals surface area contributed by atoms with Crippen molar-refractivity contribution < 1.29 is 4.79 Å². The van der Waals surface area contributed by atoms with Crippen LogP contribution >= 0.6 is 22.9 Å². The van der Waals surface area contributed by atoms with Crippen molar-refractivity contribution in [2.24, 2.45) is 0 Å². The Balaban J connectivity index is 1.71. The molecule has 2 N–H and O–H groups in total. The zero-order valence-corrected chi connectivity index (χ0v) is 14.4. The SMILES string of the molecule is Cc1sc(Nc2cnsc2)nc1C(=O)NC(C)c1ccccc1. The molecule has 0 saturated carbocycles. The molecule has 118 valence electrons. The second-order valence-corrected chi connectivity index (χ2v) is 6.93. The molecule has 0 spiro atoms. The normalized spacial score (nSPS) is 11.9. The van der Waals surface area contributed by atoms with Crippen LogP contribution in [0.1, 0.15) is 33.9 Å². The topological polar surface area (TPSA) is 66.9 Å². The van der Waals surface area contributed by atoms with Crippen LogP contribution in [0, 0.1) is 6.92 Å². The second-order valence-electron chi connectivity index (χ2n) is 5.07. The summed E-state index contributed by atoms with van der Waals surface area (Å²) in [6.07, 6.45) is 1.73. The van der Waals surface area contributed by atoms with Gasteiger partial charge in [-0.2, -0.15) is 4.37 Å². The highest BCUT2D eigenvalue weighted by Crippen LogP contribution is 2.26. The van der Waals surface area contributed by atoms with E-state index in [-0.39, 0.29) is 11.9 Å². The first-order chi connectivity index (χ1) is 11.1. The molecule has 5 nitrogen and oxygen atoms in total. The minimum Gasteiger partial charge on any atom is -0.344 e. The number of rotatable bonds is 5. The molecule has 0 saturated heterocycles. The number of carbonyl (C=O) groups is 1. The Hall–Kier alpha value is -2.25. The Morgan fingerprint density at radius 3 is 2.74 bits per heavy atom. The van der Waals surface area contributed by atoms with Gasteiger partial charge in [0.2, 0.25) is 0 Å². The van der Waals surface area contributed by atoms with Gasteiger partial charge < -0.3 is 10.6 Å². The van der Waals surface area contributed by atoms with Gasteiger partial charge in [-0.25, -0.2) is 4.98 Å². The van der Waals surface area contributed by atoms with Crippen molar-refractivity contribution in [3.05, 3.63) is 58.0 Å². The summed E-state index contributed by atoms with van der Waals surface area (Å²) in [5.41, 5.74) is 2.41. The first-order valence-corrected chi connectivity index (χ1v) is 8.78. The smallest absolute Gasteiger partial charge is 0.271 e. The monoisotopic (exact) mass is 344 g/mol. The van der Waals surface area contributed by atoms with Gasteiger partial charge >= 0.3 is 0 Å². The van der Waals surface area contributed by atoms with Crippen LogP contribution in [0.2, 0.25) is 0 Å². The summed E-state index contributed by atoms with van der Waals surface area (Å²) >= 11 is 2.82. The number of nitrogens with one attached hydrogen (secondary N) is 2. The summed E-state index contributed by atoms with van der Waals surface area (Å²) in [5, 5.41) is 8.74. The lowest BCUT2D eigenvalue weighted by Crippen LogP contribution is -2.27. The number of thiazole rings is 1. The highest BCUT2D eigenvalue weighted by Gasteiger charge is 2.18. The fourth-order valence-electron chi connectivity index (χ4n) is 2.14. The Morgan fingerprint density at radius 2 is 2.04 bits per heavy atom. The summed E-state index contributed by atoms with van der Waals surface area (Å²) < 4.78 is 4.03. The van der Waals surface area contributed by atoms with E-state index in [1.807, 2.05) is 49.6 Å². The summed E-state index contributed by atoms with van der Waals surface area (Å²) in [4.78, 5) is 17.7. The van der Waals surface area contributed by atoms with E-state index >= 15 is 0 Å². The zero-order chi connectivity index (χ0) is 16.2. The van der Waals surface area contributed by atoms with Gasteiger partial charge in [-0.05, 0) is 30.9 Å². The lowest BCUT2D eigenvalue weighted by molar-refractivity contribution is 0.0935. The van der Waals surface area contributed by atoms with Gasteiger partial charge in [-0.1, -0.05) is 30.3 Å². The number of carbonyl (C=O) groups excluding carboxylic acids is 1. The van der Waals surface area contributed by atoms with E-state index in [0.717, 1.165) is 16.1 Å². The molecule has 0 radical (unpaired) electrons. The minimum atomic E-state index is -0.161. The first-order valence-electron chi connectivity index (χ1n) is 7.13. The molecule has 3 aromatic rings. The number of benzene rings is 1.